The van der Waals surface area contributed by atoms with Crippen LogP contribution in [0.15, 0.2) is 18.2 Å². The second-order valence-electron chi connectivity index (χ2n) is 3.46. The molecule has 0 saturated carbocycles. The van der Waals surface area contributed by atoms with Crippen LogP contribution in [0.5, 0.6) is 5.75 Å². The summed E-state index contributed by atoms with van der Waals surface area (Å²) in [6.45, 7) is 0. The van der Waals surface area contributed by atoms with Gasteiger partial charge in [0, 0.05) is 0 Å². The van der Waals surface area contributed by atoms with Gasteiger partial charge in [-0.25, -0.2) is 4.79 Å². The van der Waals surface area contributed by atoms with Gasteiger partial charge in [0.15, 0.2) is 0 Å². The Morgan fingerprint density at radius 1 is 1.16 bits per heavy atom. The number of hydrogen-bond donors (Lipinski definition) is 0. The highest BCUT2D eigenvalue weighted by atomic mass is 16.5. The SMILES string of the molecule is COC(=O)CC#Cc1cc(C(=O)OC)ccc1OC. The van der Waals surface area contributed by atoms with Crippen LogP contribution in [0.3, 0.4) is 0 Å². The maximum atomic E-state index is 11.4. The zero-order chi connectivity index (χ0) is 14.3. The molecular weight excluding hydrogens is 248 g/mol. The summed E-state index contributed by atoms with van der Waals surface area (Å²) in [6, 6.07) is 4.75. The van der Waals surface area contributed by atoms with Gasteiger partial charge >= 0.3 is 11.9 Å². The summed E-state index contributed by atoms with van der Waals surface area (Å²) in [5.41, 5.74) is 0.875. The molecule has 0 N–H and O–H groups in total. The highest BCUT2D eigenvalue weighted by molar-refractivity contribution is 5.90. The molecule has 0 spiro atoms. The second-order valence-corrected chi connectivity index (χ2v) is 3.46. The van der Waals surface area contributed by atoms with E-state index in [1.54, 1.807) is 18.2 Å². The van der Waals surface area contributed by atoms with Crippen LogP contribution in [0.1, 0.15) is 22.3 Å². The molecule has 100 valence electrons. The molecule has 1 aromatic carbocycles. The molecule has 0 saturated heterocycles. The maximum Gasteiger partial charge on any atom is 0.337 e. The Balaban J connectivity index is 3.02. The largest absolute Gasteiger partial charge is 0.495 e. The van der Waals surface area contributed by atoms with Gasteiger partial charge in [0.1, 0.15) is 12.2 Å². The summed E-state index contributed by atoms with van der Waals surface area (Å²) in [4.78, 5) is 22.4. The summed E-state index contributed by atoms with van der Waals surface area (Å²) >= 11 is 0. The van der Waals surface area contributed by atoms with Gasteiger partial charge in [-0.1, -0.05) is 11.8 Å². The van der Waals surface area contributed by atoms with Crippen LogP contribution < -0.4 is 4.74 Å². The number of esters is 2. The number of rotatable bonds is 3. The van der Waals surface area contributed by atoms with Crippen molar-refractivity contribution in [1.29, 1.82) is 0 Å². The van der Waals surface area contributed by atoms with E-state index in [1.807, 2.05) is 0 Å². The number of ether oxygens (including phenoxy) is 3. The lowest BCUT2D eigenvalue weighted by Crippen LogP contribution is -2.02. The molecular formula is C14H14O5. The molecule has 0 aliphatic carbocycles. The molecule has 1 aromatic rings. The molecule has 0 heterocycles. The van der Waals surface area contributed by atoms with Crippen molar-refractivity contribution in [3.63, 3.8) is 0 Å². The fraction of sp³-hybridized carbons (Fsp3) is 0.286. The first-order chi connectivity index (χ1) is 9.12. The van der Waals surface area contributed by atoms with Gasteiger partial charge in [0.25, 0.3) is 0 Å². The smallest absolute Gasteiger partial charge is 0.337 e. The number of benzene rings is 1. The number of hydrogen-bond acceptors (Lipinski definition) is 5. The van der Waals surface area contributed by atoms with Crippen LogP contribution in [0.2, 0.25) is 0 Å². The topological polar surface area (TPSA) is 61.8 Å². The molecule has 0 unspecified atom stereocenters. The molecule has 0 aliphatic rings. The third kappa shape index (κ3) is 4.03. The van der Waals surface area contributed by atoms with Crippen molar-refractivity contribution in [3.8, 4) is 17.6 Å². The molecule has 5 heteroatoms. The van der Waals surface area contributed by atoms with E-state index in [0.717, 1.165) is 0 Å². The van der Waals surface area contributed by atoms with Gasteiger partial charge in [-0.15, -0.1) is 0 Å². The Labute approximate surface area is 111 Å². The Morgan fingerprint density at radius 3 is 2.47 bits per heavy atom. The van der Waals surface area contributed by atoms with Crippen molar-refractivity contribution in [2.45, 2.75) is 6.42 Å². The van der Waals surface area contributed by atoms with Crippen LogP contribution in [-0.4, -0.2) is 33.3 Å². The highest BCUT2D eigenvalue weighted by Crippen LogP contribution is 2.19. The first-order valence-electron chi connectivity index (χ1n) is 5.44. The zero-order valence-corrected chi connectivity index (χ0v) is 11.0. The quantitative estimate of drug-likeness (QED) is 0.608. The summed E-state index contributed by atoms with van der Waals surface area (Å²) in [5, 5.41) is 0. The molecule has 0 bridgehead atoms. The molecule has 19 heavy (non-hydrogen) atoms. The van der Waals surface area contributed by atoms with E-state index in [4.69, 9.17) is 4.74 Å². The monoisotopic (exact) mass is 262 g/mol. The second kappa shape index (κ2) is 7.07. The van der Waals surface area contributed by atoms with Crippen molar-refractivity contribution in [3.05, 3.63) is 29.3 Å². The highest BCUT2D eigenvalue weighted by Gasteiger charge is 2.08. The van der Waals surface area contributed by atoms with Crippen LogP contribution >= 0.6 is 0 Å². The van der Waals surface area contributed by atoms with E-state index in [2.05, 4.69) is 21.3 Å². The Morgan fingerprint density at radius 2 is 1.89 bits per heavy atom. The Hall–Kier alpha value is -2.48. The van der Waals surface area contributed by atoms with Gasteiger partial charge in [-0.2, -0.15) is 0 Å². The fourth-order valence-corrected chi connectivity index (χ4v) is 1.33. The first kappa shape index (κ1) is 14.6. The minimum atomic E-state index is -0.460. The standard InChI is InChI=1S/C14H14O5/c1-17-12-8-7-11(14(16)19-3)9-10(12)5-4-6-13(15)18-2/h7-9H,6H2,1-3H3. The third-order valence-corrected chi connectivity index (χ3v) is 2.30. The van der Waals surface area contributed by atoms with Crippen molar-refractivity contribution < 1.29 is 23.8 Å². The summed E-state index contributed by atoms with van der Waals surface area (Å²) < 4.78 is 14.2. The Kier molecular flexibility index (Phi) is 5.42. The van der Waals surface area contributed by atoms with Crippen molar-refractivity contribution >= 4 is 11.9 Å². The van der Waals surface area contributed by atoms with Gasteiger partial charge in [0.2, 0.25) is 0 Å². The lowest BCUT2D eigenvalue weighted by molar-refractivity contribution is -0.139. The summed E-state index contributed by atoms with van der Waals surface area (Å²) in [6.07, 6.45) is -0.0257. The molecule has 0 radical (unpaired) electrons. The van der Waals surface area contributed by atoms with Crippen LogP contribution in [0.4, 0.5) is 0 Å². The van der Waals surface area contributed by atoms with Gasteiger partial charge in [0.05, 0.1) is 32.5 Å². The minimum absolute atomic E-state index is 0.0257. The molecule has 0 amide bonds. The maximum absolute atomic E-state index is 11.4. The van der Waals surface area contributed by atoms with Gasteiger partial charge in [-0.05, 0) is 18.2 Å². The van der Waals surface area contributed by atoms with Crippen molar-refractivity contribution in [2.75, 3.05) is 21.3 Å². The zero-order valence-electron chi connectivity index (χ0n) is 11.0. The first-order valence-corrected chi connectivity index (χ1v) is 5.44. The average Bonchev–Trinajstić information content (AvgIpc) is 2.45. The summed E-state index contributed by atoms with van der Waals surface area (Å²) in [5.74, 6) is 5.06. The molecule has 0 aliphatic heterocycles. The van der Waals surface area contributed by atoms with Gasteiger partial charge < -0.3 is 14.2 Å². The lowest BCUT2D eigenvalue weighted by atomic mass is 10.1. The predicted octanol–water partition coefficient (Wildman–Crippen LogP) is 1.40. The number of carbonyl (C=O) groups is 2. The van der Waals surface area contributed by atoms with E-state index < -0.39 is 11.9 Å². The predicted molar refractivity (Wildman–Crippen MR) is 67.8 cm³/mol. The van der Waals surface area contributed by atoms with Crippen LogP contribution in [0.25, 0.3) is 0 Å². The van der Waals surface area contributed by atoms with Gasteiger partial charge in [-0.3, -0.25) is 4.79 Å². The molecule has 0 aromatic heterocycles. The fourth-order valence-electron chi connectivity index (χ4n) is 1.33. The lowest BCUT2D eigenvalue weighted by Gasteiger charge is -2.05. The van der Waals surface area contributed by atoms with Crippen LogP contribution in [0, 0.1) is 11.8 Å². The van der Waals surface area contributed by atoms with E-state index in [-0.39, 0.29) is 6.42 Å². The van der Waals surface area contributed by atoms with E-state index in [1.165, 1.54) is 21.3 Å². The number of methoxy groups -OCH3 is 3. The molecule has 5 nitrogen and oxygen atoms in total. The molecule has 0 atom stereocenters. The van der Waals surface area contributed by atoms with E-state index in [0.29, 0.717) is 16.9 Å². The number of carbonyl (C=O) groups excluding carboxylic acids is 2. The van der Waals surface area contributed by atoms with Crippen LogP contribution in [-0.2, 0) is 14.3 Å². The van der Waals surface area contributed by atoms with Crippen molar-refractivity contribution in [2.24, 2.45) is 0 Å². The van der Waals surface area contributed by atoms with E-state index >= 15 is 0 Å². The summed E-state index contributed by atoms with van der Waals surface area (Å²) in [7, 11) is 4.09. The third-order valence-electron chi connectivity index (χ3n) is 2.30. The minimum Gasteiger partial charge on any atom is -0.495 e. The van der Waals surface area contributed by atoms with Crippen molar-refractivity contribution in [1.82, 2.24) is 0 Å². The molecule has 0 fully saturated rings. The Bertz CT molecular complexity index is 537. The molecule has 1 rings (SSSR count). The van der Waals surface area contributed by atoms with E-state index in [9.17, 15) is 9.59 Å². The normalized spacial score (nSPS) is 9.00. The average molecular weight is 262 g/mol.